The predicted octanol–water partition coefficient (Wildman–Crippen LogP) is 4.08. The molecule has 154 valence electrons. The SMILES string of the molecule is Cc1cc2c(cn1)C(C(=N)C1=C(NC3CCCCC3)C=CN(C=O)C1)C#CC/C=C\2. The number of amides is 1. The van der Waals surface area contributed by atoms with Crippen LogP contribution in [0.3, 0.4) is 0 Å². The second kappa shape index (κ2) is 9.13. The Bertz CT molecular complexity index is 986. The maximum Gasteiger partial charge on any atom is 0.213 e. The lowest BCUT2D eigenvalue weighted by molar-refractivity contribution is -0.115. The lowest BCUT2D eigenvalue weighted by Gasteiger charge is -2.30. The molecule has 0 radical (unpaired) electrons. The molecule has 1 unspecified atom stereocenters. The summed E-state index contributed by atoms with van der Waals surface area (Å²) in [5, 5.41) is 12.8. The van der Waals surface area contributed by atoms with Gasteiger partial charge in [-0.15, -0.1) is 0 Å². The van der Waals surface area contributed by atoms with Crippen LogP contribution in [0.15, 0.2) is 41.9 Å². The summed E-state index contributed by atoms with van der Waals surface area (Å²) in [5.41, 5.74) is 5.19. The highest BCUT2D eigenvalue weighted by molar-refractivity contribution is 6.06. The zero-order valence-corrected chi connectivity index (χ0v) is 17.4. The molecule has 0 saturated heterocycles. The van der Waals surface area contributed by atoms with Crippen molar-refractivity contribution in [3.63, 3.8) is 0 Å². The number of aromatic nitrogens is 1. The molecule has 0 aromatic carbocycles. The molecule has 3 aliphatic rings. The third-order valence-corrected chi connectivity index (χ3v) is 5.99. The van der Waals surface area contributed by atoms with Crippen molar-refractivity contribution < 1.29 is 4.79 Å². The first kappa shape index (κ1) is 20.2. The van der Waals surface area contributed by atoms with Gasteiger partial charge in [0, 0.05) is 41.8 Å². The number of hydrogen-bond acceptors (Lipinski definition) is 4. The molecular formula is C25H28N4O. The normalized spacial score (nSPS) is 22.3. The van der Waals surface area contributed by atoms with E-state index in [2.05, 4.69) is 34.3 Å². The number of carbonyl (C=O) groups excluding carboxylic acids is 1. The number of rotatable bonds is 5. The van der Waals surface area contributed by atoms with Crippen molar-refractivity contribution in [2.24, 2.45) is 0 Å². The van der Waals surface area contributed by atoms with Gasteiger partial charge in [-0.2, -0.15) is 0 Å². The molecule has 4 rings (SSSR count). The number of nitrogens with one attached hydrogen (secondary N) is 2. The molecule has 1 amide bonds. The molecule has 2 N–H and O–H groups in total. The van der Waals surface area contributed by atoms with Crippen LogP contribution in [0.1, 0.15) is 61.3 Å². The van der Waals surface area contributed by atoms with E-state index in [1.807, 2.05) is 25.3 Å². The Morgan fingerprint density at radius 1 is 1.30 bits per heavy atom. The van der Waals surface area contributed by atoms with Gasteiger partial charge in [0.25, 0.3) is 0 Å². The number of pyridine rings is 1. The summed E-state index contributed by atoms with van der Waals surface area (Å²) in [4.78, 5) is 17.5. The van der Waals surface area contributed by atoms with Crippen molar-refractivity contribution >= 4 is 18.2 Å². The largest absolute Gasteiger partial charge is 0.382 e. The van der Waals surface area contributed by atoms with Crippen LogP contribution < -0.4 is 5.32 Å². The fourth-order valence-corrected chi connectivity index (χ4v) is 4.36. The predicted molar refractivity (Wildman–Crippen MR) is 120 cm³/mol. The van der Waals surface area contributed by atoms with Crippen LogP contribution in [-0.2, 0) is 4.79 Å². The zero-order valence-electron chi connectivity index (χ0n) is 17.4. The van der Waals surface area contributed by atoms with Gasteiger partial charge in [0.2, 0.25) is 6.41 Å². The van der Waals surface area contributed by atoms with Gasteiger partial charge in [-0.05, 0) is 43.0 Å². The molecule has 0 spiro atoms. The summed E-state index contributed by atoms with van der Waals surface area (Å²) in [6.45, 7) is 2.36. The third kappa shape index (κ3) is 4.38. The van der Waals surface area contributed by atoms with Crippen molar-refractivity contribution in [2.45, 2.75) is 57.4 Å². The van der Waals surface area contributed by atoms with E-state index in [0.717, 1.165) is 47.3 Å². The monoisotopic (exact) mass is 400 g/mol. The number of aryl methyl sites for hydroxylation is 1. The minimum atomic E-state index is -0.365. The Kier molecular flexibility index (Phi) is 6.13. The molecule has 2 aliphatic carbocycles. The molecule has 1 aliphatic heterocycles. The minimum Gasteiger partial charge on any atom is -0.382 e. The van der Waals surface area contributed by atoms with Gasteiger partial charge in [0.1, 0.15) is 0 Å². The topological polar surface area (TPSA) is 69.1 Å². The van der Waals surface area contributed by atoms with E-state index in [-0.39, 0.29) is 5.92 Å². The summed E-state index contributed by atoms with van der Waals surface area (Å²) >= 11 is 0. The van der Waals surface area contributed by atoms with E-state index >= 15 is 0 Å². The van der Waals surface area contributed by atoms with Gasteiger partial charge >= 0.3 is 0 Å². The summed E-state index contributed by atoms with van der Waals surface area (Å²) < 4.78 is 0. The second-order valence-electron chi connectivity index (χ2n) is 8.19. The number of carbonyl (C=O) groups is 1. The first-order valence-electron chi connectivity index (χ1n) is 10.7. The van der Waals surface area contributed by atoms with Crippen molar-refractivity contribution in [1.82, 2.24) is 15.2 Å². The minimum absolute atomic E-state index is 0.365. The lowest BCUT2D eigenvalue weighted by atomic mass is 9.85. The Hall–Kier alpha value is -3.13. The Morgan fingerprint density at radius 3 is 2.93 bits per heavy atom. The molecule has 1 aromatic rings. The molecule has 5 heteroatoms. The molecular weight excluding hydrogens is 372 g/mol. The van der Waals surface area contributed by atoms with Crippen molar-refractivity contribution in [1.29, 1.82) is 5.41 Å². The van der Waals surface area contributed by atoms with E-state index in [9.17, 15) is 4.79 Å². The van der Waals surface area contributed by atoms with Gasteiger partial charge in [-0.25, -0.2) is 0 Å². The molecule has 1 aromatic heterocycles. The van der Waals surface area contributed by atoms with Crippen molar-refractivity contribution in [2.75, 3.05) is 6.54 Å². The Balaban J connectivity index is 1.71. The van der Waals surface area contributed by atoms with Crippen molar-refractivity contribution in [3.05, 3.63) is 58.7 Å². The molecule has 1 fully saturated rings. The van der Waals surface area contributed by atoms with Gasteiger partial charge < -0.3 is 15.6 Å². The van der Waals surface area contributed by atoms with Gasteiger partial charge in [-0.3, -0.25) is 9.78 Å². The number of hydrogen-bond donors (Lipinski definition) is 2. The van der Waals surface area contributed by atoms with Crippen LogP contribution in [0.2, 0.25) is 0 Å². The molecule has 0 bridgehead atoms. The van der Waals surface area contributed by atoms with Crippen LogP contribution in [0.25, 0.3) is 6.08 Å². The standard InChI is InChI=1S/C25H28N4O/c1-18-14-19-8-4-2-7-11-21(22(19)15-27-18)25(26)23-16-29(17-30)13-12-24(23)28-20-9-5-3-6-10-20/h4,8,12-15,17,20-21,26,28H,2-3,5-6,9-10,16H2,1H3/b8-4-,26-25?. The molecule has 1 atom stereocenters. The fourth-order valence-electron chi connectivity index (χ4n) is 4.36. The highest BCUT2D eigenvalue weighted by Gasteiger charge is 2.27. The Morgan fingerprint density at radius 2 is 2.13 bits per heavy atom. The van der Waals surface area contributed by atoms with Crippen LogP contribution in [0, 0.1) is 24.2 Å². The van der Waals surface area contributed by atoms with E-state index in [0.29, 0.717) is 24.7 Å². The van der Waals surface area contributed by atoms with E-state index in [1.54, 1.807) is 11.1 Å². The number of nitrogens with zero attached hydrogens (tertiary/aromatic N) is 2. The van der Waals surface area contributed by atoms with Crippen LogP contribution in [-0.4, -0.2) is 34.6 Å². The molecule has 2 heterocycles. The Labute approximate surface area is 178 Å². The first-order chi connectivity index (χ1) is 14.7. The van der Waals surface area contributed by atoms with E-state index < -0.39 is 0 Å². The van der Waals surface area contributed by atoms with E-state index in [4.69, 9.17) is 5.41 Å². The highest BCUT2D eigenvalue weighted by atomic mass is 16.1. The van der Waals surface area contributed by atoms with Crippen LogP contribution in [0.5, 0.6) is 0 Å². The van der Waals surface area contributed by atoms with Crippen molar-refractivity contribution in [3.8, 4) is 11.8 Å². The quantitative estimate of drug-likeness (QED) is 0.445. The molecule has 1 saturated carbocycles. The second-order valence-corrected chi connectivity index (χ2v) is 8.19. The van der Waals surface area contributed by atoms with Gasteiger partial charge in [0.05, 0.1) is 18.2 Å². The number of allylic oxidation sites excluding steroid dienone is 2. The van der Waals surface area contributed by atoms with E-state index in [1.165, 1.54) is 19.3 Å². The summed E-state index contributed by atoms with van der Waals surface area (Å²) in [6.07, 6.45) is 17.2. The van der Waals surface area contributed by atoms with Crippen LogP contribution in [0.4, 0.5) is 0 Å². The molecule has 5 nitrogen and oxygen atoms in total. The van der Waals surface area contributed by atoms with Crippen LogP contribution >= 0.6 is 0 Å². The molecule has 30 heavy (non-hydrogen) atoms. The van der Waals surface area contributed by atoms with Gasteiger partial charge in [0.15, 0.2) is 0 Å². The first-order valence-corrected chi connectivity index (χ1v) is 10.7. The average Bonchev–Trinajstić information content (AvgIpc) is 2.75. The smallest absolute Gasteiger partial charge is 0.213 e. The lowest BCUT2D eigenvalue weighted by Crippen LogP contribution is -2.36. The summed E-state index contributed by atoms with van der Waals surface area (Å²) in [7, 11) is 0. The highest BCUT2D eigenvalue weighted by Crippen LogP contribution is 2.29. The zero-order chi connectivity index (χ0) is 20.9. The summed E-state index contributed by atoms with van der Waals surface area (Å²) in [5.74, 6) is 6.11. The van der Waals surface area contributed by atoms with Gasteiger partial charge in [-0.1, -0.05) is 43.3 Å². The third-order valence-electron chi connectivity index (χ3n) is 5.99. The maximum atomic E-state index is 11.5. The summed E-state index contributed by atoms with van der Waals surface area (Å²) in [6, 6.07) is 2.47. The average molecular weight is 401 g/mol. The fraction of sp³-hybridized carbons (Fsp3) is 0.400. The maximum absolute atomic E-state index is 11.5. The number of fused-ring (bicyclic) bond motifs is 1.